The molecule has 0 radical (unpaired) electrons. The van der Waals surface area contributed by atoms with Gasteiger partial charge in [0.1, 0.15) is 5.75 Å². The molecule has 0 aliphatic heterocycles. The second kappa shape index (κ2) is 5.26. The van der Waals surface area contributed by atoms with E-state index >= 15 is 0 Å². The van der Waals surface area contributed by atoms with E-state index in [1.807, 2.05) is 0 Å². The first-order chi connectivity index (χ1) is 7.74. The summed E-state index contributed by atoms with van der Waals surface area (Å²) in [4.78, 5) is 0. The van der Waals surface area contributed by atoms with Gasteiger partial charge in [0, 0.05) is 5.75 Å². The van der Waals surface area contributed by atoms with Crippen LogP contribution in [-0.4, -0.2) is 25.6 Å². The first-order valence-electron chi connectivity index (χ1n) is 4.49. The third kappa shape index (κ3) is 3.88. The molecule has 0 spiro atoms. The highest BCUT2D eigenvalue weighted by atomic mass is 32.3. The molecule has 0 unspecified atom stereocenters. The summed E-state index contributed by atoms with van der Waals surface area (Å²) in [5.74, 6) is -0.0787. The standard InChI is InChI=1S/C8H10BFO5S2/c1-5-7(9(11)12)2-6(4-16)3-8(5)15-17(10,13)14/h2-3,11-12,16H,4H2,1H3. The van der Waals surface area contributed by atoms with Crippen molar-refractivity contribution in [3.8, 4) is 5.75 Å². The second-order valence-electron chi connectivity index (χ2n) is 3.32. The molecule has 94 valence electrons. The lowest BCUT2D eigenvalue weighted by Crippen LogP contribution is -2.33. The van der Waals surface area contributed by atoms with Crippen LogP contribution < -0.4 is 9.65 Å². The van der Waals surface area contributed by atoms with Gasteiger partial charge in [-0.3, -0.25) is 0 Å². The minimum absolute atomic E-state index is 0.0372. The van der Waals surface area contributed by atoms with Gasteiger partial charge in [-0.15, -0.1) is 0 Å². The Morgan fingerprint density at radius 1 is 1.47 bits per heavy atom. The average molecular weight is 280 g/mol. The van der Waals surface area contributed by atoms with Crippen LogP contribution in [0.4, 0.5) is 3.89 Å². The highest BCUT2D eigenvalue weighted by Gasteiger charge is 2.21. The summed E-state index contributed by atoms with van der Waals surface area (Å²) < 4.78 is 37.3. The van der Waals surface area contributed by atoms with E-state index in [0.29, 0.717) is 5.56 Å². The molecule has 17 heavy (non-hydrogen) atoms. The summed E-state index contributed by atoms with van der Waals surface area (Å²) in [5.41, 5.74) is 0.641. The molecule has 2 N–H and O–H groups in total. The van der Waals surface area contributed by atoms with E-state index in [-0.39, 0.29) is 22.5 Å². The minimum atomic E-state index is -5.16. The maximum absolute atomic E-state index is 12.4. The third-order valence-corrected chi connectivity index (χ3v) is 2.85. The molecule has 0 aromatic heterocycles. The minimum Gasteiger partial charge on any atom is -0.423 e. The van der Waals surface area contributed by atoms with Gasteiger partial charge < -0.3 is 14.2 Å². The summed E-state index contributed by atoms with van der Waals surface area (Å²) in [6, 6.07) is 2.69. The molecule has 1 aromatic rings. The molecular weight excluding hydrogens is 270 g/mol. The zero-order valence-electron chi connectivity index (χ0n) is 8.79. The van der Waals surface area contributed by atoms with Gasteiger partial charge in [0.05, 0.1) is 0 Å². The first kappa shape index (κ1) is 14.3. The zero-order chi connectivity index (χ0) is 13.2. The van der Waals surface area contributed by atoms with Crippen molar-refractivity contribution in [1.29, 1.82) is 0 Å². The van der Waals surface area contributed by atoms with Crippen molar-refractivity contribution < 1.29 is 26.5 Å². The third-order valence-electron chi connectivity index (χ3n) is 2.11. The van der Waals surface area contributed by atoms with Gasteiger partial charge in [-0.1, -0.05) is 9.95 Å². The molecule has 0 atom stereocenters. The number of rotatable bonds is 4. The molecule has 0 saturated carbocycles. The van der Waals surface area contributed by atoms with Crippen LogP contribution in [0.5, 0.6) is 5.75 Å². The number of benzene rings is 1. The van der Waals surface area contributed by atoms with Crippen LogP contribution >= 0.6 is 12.6 Å². The molecule has 0 aliphatic rings. The smallest absolute Gasteiger partial charge is 0.423 e. The van der Waals surface area contributed by atoms with Gasteiger partial charge in [0.25, 0.3) is 0 Å². The van der Waals surface area contributed by atoms with Gasteiger partial charge in [0.2, 0.25) is 0 Å². The van der Waals surface area contributed by atoms with Crippen LogP contribution in [0, 0.1) is 6.92 Å². The van der Waals surface area contributed by atoms with Crippen molar-refractivity contribution in [2.24, 2.45) is 0 Å². The zero-order valence-corrected chi connectivity index (χ0v) is 10.5. The monoisotopic (exact) mass is 280 g/mol. The molecule has 5 nitrogen and oxygen atoms in total. The number of thiol groups is 1. The highest BCUT2D eigenvalue weighted by Crippen LogP contribution is 2.21. The van der Waals surface area contributed by atoms with E-state index in [0.717, 1.165) is 0 Å². The van der Waals surface area contributed by atoms with E-state index in [1.165, 1.54) is 19.1 Å². The van der Waals surface area contributed by atoms with Gasteiger partial charge in [-0.05, 0) is 29.6 Å². The molecule has 0 aliphatic carbocycles. The SMILES string of the molecule is Cc1c(OS(=O)(=O)F)cc(CS)cc1B(O)O. The average Bonchev–Trinajstić information content (AvgIpc) is 2.18. The first-order valence-corrected chi connectivity index (χ1v) is 6.43. The van der Waals surface area contributed by atoms with Crippen molar-refractivity contribution in [3.05, 3.63) is 23.3 Å². The lowest BCUT2D eigenvalue weighted by atomic mass is 9.76. The van der Waals surface area contributed by atoms with Crippen LogP contribution in [0.15, 0.2) is 12.1 Å². The van der Waals surface area contributed by atoms with Crippen LogP contribution in [0.1, 0.15) is 11.1 Å². The normalized spacial score (nSPS) is 11.4. The van der Waals surface area contributed by atoms with Crippen molar-refractivity contribution in [2.75, 3.05) is 0 Å². The van der Waals surface area contributed by atoms with E-state index in [1.54, 1.807) is 0 Å². The fourth-order valence-corrected chi connectivity index (χ4v) is 1.89. The predicted octanol–water partition coefficient (Wildman–Crippen LogP) is -0.302. The van der Waals surface area contributed by atoms with Crippen LogP contribution in [-0.2, 0) is 16.3 Å². The Kier molecular flexibility index (Phi) is 4.42. The Hall–Kier alpha value is -0.765. The molecular formula is C8H10BFO5S2. The van der Waals surface area contributed by atoms with Crippen LogP contribution in [0.25, 0.3) is 0 Å². The van der Waals surface area contributed by atoms with Gasteiger partial charge in [-0.2, -0.15) is 21.0 Å². The molecule has 1 aromatic carbocycles. The summed E-state index contributed by atoms with van der Waals surface area (Å²) in [5, 5.41) is 18.2. The van der Waals surface area contributed by atoms with Gasteiger partial charge in [-0.25, -0.2) is 0 Å². The maximum atomic E-state index is 12.4. The number of hydrogen-bond donors (Lipinski definition) is 3. The Morgan fingerprint density at radius 2 is 2.06 bits per heavy atom. The summed E-state index contributed by atoms with van der Waals surface area (Å²) >= 11 is 3.96. The molecule has 0 fully saturated rings. The van der Waals surface area contributed by atoms with Crippen molar-refractivity contribution in [3.63, 3.8) is 0 Å². The van der Waals surface area contributed by atoms with E-state index in [2.05, 4.69) is 16.8 Å². The van der Waals surface area contributed by atoms with E-state index in [4.69, 9.17) is 10.0 Å². The largest absolute Gasteiger partial charge is 0.488 e. The molecule has 0 bridgehead atoms. The fraction of sp³-hybridized carbons (Fsp3) is 0.250. The van der Waals surface area contributed by atoms with E-state index in [9.17, 15) is 12.3 Å². The molecule has 1 rings (SSSR count). The maximum Gasteiger partial charge on any atom is 0.488 e. The van der Waals surface area contributed by atoms with Crippen molar-refractivity contribution in [2.45, 2.75) is 12.7 Å². The predicted molar refractivity (Wildman–Crippen MR) is 64.4 cm³/mol. The lowest BCUT2D eigenvalue weighted by Gasteiger charge is -2.11. The summed E-state index contributed by atoms with van der Waals surface area (Å²) in [6.45, 7) is 1.39. The lowest BCUT2D eigenvalue weighted by molar-refractivity contribution is 0.423. The van der Waals surface area contributed by atoms with Gasteiger partial charge in [0.15, 0.2) is 0 Å². The highest BCUT2D eigenvalue weighted by molar-refractivity contribution is 7.81. The Bertz CT molecular complexity index is 517. The summed E-state index contributed by atoms with van der Waals surface area (Å²) in [7, 11) is -6.96. The Morgan fingerprint density at radius 3 is 2.47 bits per heavy atom. The van der Waals surface area contributed by atoms with E-state index < -0.39 is 17.6 Å². The fourth-order valence-electron chi connectivity index (χ4n) is 1.32. The van der Waals surface area contributed by atoms with Crippen LogP contribution in [0.3, 0.4) is 0 Å². The topological polar surface area (TPSA) is 83.8 Å². The summed E-state index contributed by atoms with van der Waals surface area (Å²) in [6.07, 6.45) is 0. The van der Waals surface area contributed by atoms with Crippen molar-refractivity contribution >= 4 is 35.7 Å². The Labute approximate surface area is 104 Å². The molecule has 0 saturated heterocycles. The number of hydrogen-bond acceptors (Lipinski definition) is 6. The molecule has 0 amide bonds. The second-order valence-corrected chi connectivity index (χ2v) is 4.59. The van der Waals surface area contributed by atoms with Gasteiger partial charge >= 0.3 is 17.6 Å². The number of halogens is 1. The van der Waals surface area contributed by atoms with Crippen molar-refractivity contribution in [1.82, 2.24) is 0 Å². The molecule has 0 heterocycles. The Balaban J connectivity index is 3.34. The van der Waals surface area contributed by atoms with Crippen LogP contribution in [0.2, 0.25) is 0 Å². The molecule has 9 heteroatoms. The quantitative estimate of drug-likeness (QED) is 0.400.